The van der Waals surface area contributed by atoms with Crippen LogP contribution in [-0.4, -0.2) is 92.8 Å². The standard InChI is InChI=1S/C15H30N4O2/c1-2-3-4-16-15(20)19-9-7-17(8-10-19)5-6-18-11-13-21-14-12-18/h2-14H2,1H3,(H,16,20). The minimum absolute atomic E-state index is 0.108. The first-order valence-corrected chi connectivity index (χ1v) is 8.35. The zero-order valence-electron chi connectivity index (χ0n) is 13.4. The number of nitrogens with zero attached hydrogens (tertiary/aromatic N) is 3. The molecule has 6 heteroatoms. The molecule has 0 radical (unpaired) electrons. The van der Waals surface area contributed by atoms with Gasteiger partial charge in [-0.2, -0.15) is 0 Å². The van der Waals surface area contributed by atoms with E-state index in [4.69, 9.17) is 4.74 Å². The Morgan fingerprint density at radius 1 is 1.00 bits per heavy atom. The predicted molar refractivity (Wildman–Crippen MR) is 83.6 cm³/mol. The van der Waals surface area contributed by atoms with Gasteiger partial charge in [0, 0.05) is 58.9 Å². The average Bonchev–Trinajstić information content (AvgIpc) is 2.54. The average molecular weight is 298 g/mol. The summed E-state index contributed by atoms with van der Waals surface area (Å²) >= 11 is 0. The summed E-state index contributed by atoms with van der Waals surface area (Å²) < 4.78 is 5.37. The Hall–Kier alpha value is -0.850. The number of rotatable bonds is 6. The first-order chi connectivity index (χ1) is 10.3. The molecule has 0 aromatic carbocycles. The molecule has 0 saturated carbocycles. The molecule has 0 aromatic heterocycles. The van der Waals surface area contributed by atoms with E-state index in [1.54, 1.807) is 0 Å². The van der Waals surface area contributed by atoms with E-state index in [0.717, 1.165) is 85.0 Å². The highest BCUT2D eigenvalue weighted by atomic mass is 16.5. The Morgan fingerprint density at radius 2 is 1.62 bits per heavy atom. The number of urea groups is 1. The van der Waals surface area contributed by atoms with E-state index >= 15 is 0 Å². The number of ether oxygens (including phenoxy) is 1. The lowest BCUT2D eigenvalue weighted by atomic mass is 10.3. The van der Waals surface area contributed by atoms with Crippen LogP contribution in [0.3, 0.4) is 0 Å². The van der Waals surface area contributed by atoms with Crippen molar-refractivity contribution in [3.05, 3.63) is 0 Å². The Labute approximate surface area is 128 Å². The van der Waals surface area contributed by atoms with Crippen molar-refractivity contribution in [3.8, 4) is 0 Å². The number of morpholine rings is 1. The molecule has 6 nitrogen and oxygen atoms in total. The molecule has 0 aliphatic carbocycles. The molecule has 0 unspecified atom stereocenters. The van der Waals surface area contributed by atoms with E-state index in [-0.39, 0.29) is 6.03 Å². The summed E-state index contributed by atoms with van der Waals surface area (Å²) in [5.41, 5.74) is 0. The van der Waals surface area contributed by atoms with E-state index in [1.807, 2.05) is 4.90 Å². The van der Waals surface area contributed by atoms with Gasteiger partial charge in [0.05, 0.1) is 13.2 Å². The van der Waals surface area contributed by atoms with Gasteiger partial charge in [-0.15, -0.1) is 0 Å². The number of nitrogens with one attached hydrogen (secondary N) is 1. The number of amides is 2. The van der Waals surface area contributed by atoms with Gasteiger partial charge >= 0.3 is 6.03 Å². The molecule has 0 spiro atoms. The van der Waals surface area contributed by atoms with Gasteiger partial charge in [-0.25, -0.2) is 4.79 Å². The molecule has 0 aromatic rings. The minimum Gasteiger partial charge on any atom is -0.379 e. The first-order valence-electron chi connectivity index (χ1n) is 8.35. The molecular weight excluding hydrogens is 268 g/mol. The lowest BCUT2D eigenvalue weighted by Crippen LogP contribution is -2.53. The molecule has 2 aliphatic heterocycles. The van der Waals surface area contributed by atoms with Gasteiger partial charge in [0.15, 0.2) is 0 Å². The van der Waals surface area contributed by atoms with Crippen molar-refractivity contribution in [1.82, 2.24) is 20.0 Å². The van der Waals surface area contributed by atoms with E-state index in [9.17, 15) is 4.79 Å². The lowest BCUT2D eigenvalue weighted by molar-refractivity contribution is 0.0309. The smallest absolute Gasteiger partial charge is 0.317 e. The van der Waals surface area contributed by atoms with Gasteiger partial charge in [-0.05, 0) is 6.42 Å². The maximum absolute atomic E-state index is 12.0. The third-order valence-electron chi connectivity index (χ3n) is 4.30. The summed E-state index contributed by atoms with van der Waals surface area (Å²) in [5, 5.41) is 3.00. The van der Waals surface area contributed by atoms with Crippen LogP contribution in [0.15, 0.2) is 0 Å². The summed E-state index contributed by atoms with van der Waals surface area (Å²) in [6.07, 6.45) is 2.18. The maximum Gasteiger partial charge on any atom is 0.317 e. The van der Waals surface area contributed by atoms with Crippen LogP contribution in [-0.2, 0) is 4.74 Å². The molecule has 0 atom stereocenters. The van der Waals surface area contributed by atoms with Crippen LogP contribution >= 0.6 is 0 Å². The molecular formula is C15H30N4O2. The summed E-state index contributed by atoms with van der Waals surface area (Å²) in [7, 11) is 0. The second-order valence-corrected chi connectivity index (χ2v) is 5.87. The fourth-order valence-corrected chi connectivity index (χ4v) is 2.77. The summed E-state index contributed by atoms with van der Waals surface area (Å²) in [5.74, 6) is 0. The summed E-state index contributed by atoms with van der Waals surface area (Å²) in [4.78, 5) is 18.8. The lowest BCUT2D eigenvalue weighted by Gasteiger charge is -2.36. The third kappa shape index (κ3) is 5.80. The van der Waals surface area contributed by atoms with Crippen molar-refractivity contribution in [2.24, 2.45) is 0 Å². The van der Waals surface area contributed by atoms with Crippen molar-refractivity contribution in [2.45, 2.75) is 19.8 Å². The van der Waals surface area contributed by atoms with E-state index in [2.05, 4.69) is 22.0 Å². The van der Waals surface area contributed by atoms with E-state index < -0.39 is 0 Å². The van der Waals surface area contributed by atoms with Crippen LogP contribution in [0.5, 0.6) is 0 Å². The van der Waals surface area contributed by atoms with Crippen molar-refractivity contribution in [3.63, 3.8) is 0 Å². The monoisotopic (exact) mass is 298 g/mol. The molecule has 2 saturated heterocycles. The fourth-order valence-electron chi connectivity index (χ4n) is 2.77. The molecule has 1 N–H and O–H groups in total. The van der Waals surface area contributed by atoms with Crippen LogP contribution in [0, 0.1) is 0 Å². The zero-order chi connectivity index (χ0) is 14.9. The number of unbranched alkanes of at least 4 members (excludes halogenated alkanes) is 1. The van der Waals surface area contributed by atoms with Crippen LogP contribution in [0.2, 0.25) is 0 Å². The first kappa shape index (κ1) is 16.5. The van der Waals surface area contributed by atoms with Crippen LogP contribution < -0.4 is 5.32 Å². The van der Waals surface area contributed by atoms with Gasteiger partial charge in [-0.3, -0.25) is 9.80 Å². The number of carbonyl (C=O) groups is 1. The van der Waals surface area contributed by atoms with E-state index in [1.165, 1.54) is 0 Å². The second kappa shape index (κ2) is 9.23. The van der Waals surface area contributed by atoms with Crippen molar-refractivity contribution in [2.75, 3.05) is 72.1 Å². The van der Waals surface area contributed by atoms with Crippen molar-refractivity contribution in [1.29, 1.82) is 0 Å². The molecule has 122 valence electrons. The van der Waals surface area contributed by atoms with Crippen LogP contribution in [0.4, 0.5) is 4.79 Å². The molecule has 21 heavy (non-hydrogen) atoms. The number of piperazine rings is 1. The van der Waals surface area contributed by atoms with Crippen LogP contribution in [0.1, 0.15) is 19.8 Å². The second-order valence-electron chi connectivity index (χ2n) is 5.87. The fraction of sp³-hybridized carbons (Fsp3) is 0.933. The zero-order valence-corrected chi connectivity index (χ0v) is 13.4. The van der Waals surface area contributed by atoms with Gasteiger partial charge in [0.1, 0.15) is 0 Å². The Bertz CT molecular complexity index is 300. The summed E-state index contributed by atoms with van der Waals surface area (Å²) in [6.45, 7) is 12.7. The number of hydrogen-bond donors (Lipinski definition) is 1. The SMILES string of the molecule is CCCCNC(=O)N1CCN(CCN2CCOCC2)CC1. The minimum atomic E-state index is 0.108. The third-order valence-corrected chi connectivity index (χ3v) is 4.30. The van der Waals surface area contributed by atoms with Gasteiger partial charge in [0.25, 0.3) is 0 Å². The molecule has 2 fully saturated rings. The number of carbonyl (C=O) groups excluding carboxylic acids is 1. The Kier molecular flexibility index (Phi) is 7.26. The van der Waals surface area contributed by atoms with Crippen molar-refractivity contribution >= 4 is 6.03 Å². The maximum atomic E-state index is 12.0. The van der Waals surface area contributed by atoms with E-state index in [0.29, 0.717) is 0 Å². The van der Waals surface area contributed by atoms with Crippen molar-refractivity contribution < 1.29 is 9.53 Å². The molecule has 2 rings (SSSR count). The van der Waals surface area contributed by atoms with Crippen LogP contribution in [0.25, 0.3) is 0 Å². The molecule has 2 heterocycles. The molecule has 0 bridgehead atoms. The predicted octanol–water partition coefficient (Wildman–Crippen LogP) is 0.446. The normalized spacial score (nSPS) is 21.5. The quantitative estimate of drug-likeness (QED) is 0.723. The molecule has 2 aliphatic rings. The highest BCUT2D eigenvalue weighted by molar-refractivity contribution is 5.74. The topological polar surface area (TPSA) is 48.1 Å². The Morgan fingerprint density at radius 3 is 2.24 bits per heavy atom. The van der Waals surface area contributed by atoms with Gasteiger partial charge in [0.2, 0.25) is 0 Å². The highest BCUT2D eigenvalue weighted by Crippen LogP contribution is 2.03. The number of hydrogen-bond acceptors (Lipinski definition) is 4. The largest absolute Gasteiger partial charge is 0.379 e. The highest BCUT2D eigenvalue weighted by Gasteiger charge is 2.21. The van der Waals surface area contributed by atoms with Gasteiger partial charge in [-0.1, -0.05) is 13.3 Å². The molecule has 2 amide bonds. The Balaban J connectivity index is 1.58. The van der Waals surface area contributed by atoms with Gasteiger partial charge < -0.3 is 15.0 Å². The summed E-state index contributed by atoms with van der Waals surface area (Å²) in [6, 6.07) is 0.108.